The Kier molecular flexibility index (Phi) is 6.28. The molecule has 3 heterocycles. The lowest BCUT2D eigenvalue weighted by Crippen LogP contribution is -2.11. The van der Waals surface area contributed by atoms with Gasteiger partial charge in [-0.25, -0.2) is 0 Å². The van der Waals surface area contributed by atoms with E-state index in [1.165, 1.54) is 11.1 Å². The fraction of sp³-hybridized carbons (Fsp3) is 0.242. The van der Waals surface area contributed by atoms with Crippen LogP contribution in [0.2, 0.25) is 0 Å². The van der Waals surface area contributed by atoms with Crippen molar-refractivity contribution in [2.45, 2.75) is 52.4 Å². The number of hydrogen-bond donors (Lipinski definition) is 0. The SMILES string of the molecule is CC(C)(C)c1ccnc(-c2cccc(Oc3cc(-c4cc(C(C)(C)C)ccn4)cc4cccnc34)c2)c1. The highest BCUT2D eigenvalue weighted by Gasteiger charge is 2.17. The Morgan fingerprint density at radius 3 is 1.86 bits per heavy atom. The highest BCUT2D eigenvalue weighted by atomic mass is 16.5. The summed E-state index contributed by atoms with van der Waals surface area (Å²) in [7, 11) is 0. The lowest BCUT2D eigenvalue weighted by Gasteiger charge is -2.20. The van der Waals surface area contributed by atoms with Crippen LogP contribution in [0.1, 0.15) is 52.7 Å². The number of nitrogens with zero attached hydrogens (tertiary/aromatic N) is 3. The molecule has 0 amide bonds. The zero-order chi connectivity index (χ0) is 26.2. The van der Waals surface area contributed by atoms with Crippen molar-refractivity contribution in [1.29, 1.82) is 0 Å². The third kappa shape index (κ3) is 5.39. The van der Waals surface area contributed by atoms with Gasteiger partial charge in [0.05, 0.1) is 11.4 Å². The van der Waals surface area contributed by atoms with E-state index in [4.69, 9.17) is 4.74 Å². The normalized spacial score (nSPS) is 12.1. The van der Waals surface area contributed by atoms with Gasteiger partial charge in [-0.1, -0.05) is 59.7 Å². The molecule has 0 radical (unpaired) electrons. The fourth-order valence-electron chi connectivity index (χ4n) is 4.34. The van der Waals surface area contributed by atoms with Gasteiger partial charge in [0.1, 0.15) is 11.3 Å². The molecule has 0 spiro atoms. The van der Waals surface area contributed by atoms with Gasteiger partial charge < -0.3 is 4.74 Å². The van der Waals surface area contributed by atoms with E-state index in [1.807, 2.05) is 42.7 Å². The molecule has 5 rings (SSSR count). The van der Waals surface area contributed by atoms with Crippen LogP contribution in [0.4, 0.5) is 0 Å². The molecule has 0 saturated carbocycles. The number of hydrogen-bond acceptors (Lipinski definition) is 4. The van der Waals surface area contributed by atoms with E-state index in [1.54, 1.807) is 6.20 Å². The van der Waals surface area contributed by atoms with Crippen LogP contribution in [0.15, 0.2) is 91.4 Å². The summed E-state index contributed by atoms with van der Waals surface area (Å²) in [6.45, 7) is 13.3. The van der Waals surface area contributed by atoms with Crippen LogP contribution >= 0.6 is 0 Å². The van der Waals surface area contributed by atoms with E-state index in [9.17, 15) is 0 Å². The van der Waals surface area contributed by atoms with Crippen LogP contribution in [0.5, 0.6) is 11.5 Å². The maximum absolute atomic E-state index is 6.49. The van der Waals surface area contributed by atoms with Crippen molar-refractivity contribution in [3.05, 3.63) is 103 Å². The third-order valence-electron chi connectivity index (χ3n) is 6.58. The summed E-state index contributed by atoms with van der Waals surface area (Å²) in [5.74, 6) is 1.44. The molecule has 0 aliphatic rings. The first-order valence-electron chi connectivity index (χ1n) is 12.7. The molecule has 0 aliphatic carbocycles. The Morgan fingerprint density at radius 2 is 1.22 bits per heavy atom. The quantitative estimate of drug-likeness (QED) is 0.254. The van der Waals surface area contributed by atoms with Gasteiger partial charge in [-0.2, -0.15) is 0 Å². The molecule has 0 N–H and O–H groups in total. The van der Waals surface area contributed by atoms with E-state index in [2.05, 4.69) is 99.0 Å². The first kappa shape index (κ1) is 24.6. The molecule has 0 fully saturated rings. The molecule has 0 aliphatic heterocycles. The molecular weight excluding hydrogens is 454 g/mol. The molecule has 0 unspecified atom stereocenters. The summed E-state index contributed by atoms with van der Waals surface area (Å²) in [6, 6.07) is 24.7. The van der Waals surface area contributed by atoms with Crippen molar-refractivity contribution in [1.82, 2.24) is 15.0 Å². The van der Waals surface area contributed by atoms with Crippen LogP contribution in [-0.4, -0.2) is 15.0 Å². The third-order valence-corrected chi connectivity index (χ3v) is 6.58. The highest BCUT2D eigenvalue weighted by molar-refractivity contribution is 5.89. The summed E-state index contributed by atoms with van der Waals surface area (Å²) in [5, 5.41) is 1.01. The van der Waals surface area contributed by atoms with Gasteiger partial charge in [0.15, 0.2) is 5.75 Å². The first-order chi connectivity index (χ1) is 17.6. The molecule has 3 aromatic heterocycles. The Morgan fingerprint density at radius 1 is 0.568 bits per heavy atom. The Hall–Kier alpha value is -4.05. The van der Waals surface area contributed by atoms with Crippen molar-refractivity contribution in [2.24, 2.45) is 0 Å². The Bertz CT molecular complexity index is 1580. The zero-order valence-electron chi connectivity index (χ0n) is 22.4. The number of aromatic nitrogens is 3. The van der Waals surface area contributed by atoms with E-state index in [0.717, 1.165) is 39.2 Å². The van der Waals surface area contributed by atoms with E-state index >= 15 is 0 Å². The molecule has 186 valence electrons. The van der Waals surface area contributed by atoms with Gasteiger partial charge in [0.25, 0.3) is 0 Å². The predicted molar refractivity (Wildman–Crippen MR) is 152 cm³/mol. The smallest absolute Gasteiger partial charge is 0.154 e. The van der Waals surface area contributed by atoms with Gasteiger partial charge >= 0.3 is 0 Å². The second kappa shape index (κ2) is 9.44. The van der Waals surface area contributed by atoms with Crippen LogP contribution in [0, 0.1) is 0 Å². The van der Waals surface area contributed by atoms with Gasteiger partial charge in [-0.3, -0.25) is 15.0 Å². The maximum atomic E-state index is 6.49. The second-order valence-corrected chi connectivity index (χ2v) is 11.5. The number of rotatable bonds is 4. The predicted octanol–water partition coefficient (Wildman–Crippen LogP) is 8.75. The number of ether oxygens (including phenoxy) is 1. The minimum absolute atomic E-state index is 0.0359. The van der Waals surface area contributed by atoms with Crippen LogP contribution < -0.4 is 4.74 Å². The number of pyridine rings is 3. The Balaban J connectivity index is 1.55. The number of fused-ring (bicyclic) bond motifs is 1. The molecule has 4 heteroatoms. The van der Waals surface area contributed by atoms with Crippen molar-refractivity contribution in [3.8, 4) is 34.0 Å². The lowest BCUT2D eigenvalue weighted by molar-refractivity contribution is 0.487. The first-order valence-corrected chi connectivity index (χ1v) is 12.7. The molecular formula is C33H33N3O. The van der Waals surface area contributed by atoms with Gasteiger partial charge in [-0.15, -0.1) is 0 Å². The van der Waals surface area contributed by atoms with Crippen LogP contribution in [0.3, 0.4) is 0 Å². The molecule has 0 atom stereocenters. The van der Waals surface area contributed by atoms with Gasteiger partial charge in [-0.05, 0) is 76.6 Å². The molecule has 5 aromatic rings. The summed E-state index contributed by atoms with van der Waals surface area (Å²) in [6.07, 6.45) is 5.56. The molecule has 0 bridgehead atoms. The van der Waals surface area contributed by atoms with Gasteiger partial charge in [0, 0.05) is 35.1 Å². The standard InChI is InChI=1S/C33H33N3O/c1-32(2,3)25-12-15-34-28(20-25)22-9-7-11-27(18-22)37-30-19-24(17-23-10-8-14-36-31(23)30)29-21-26(13-16-35-29)33(4,5)6/h7-21H,1-6H3. The van der Waals surface area contributed by atoms with Crippen molar-refractivity contribution < 1.29 is 4.74 Å². The van der Waals surface area contributed by atoms with E-state index in [-0.39, 0.29) is 10.8 Å². The summed E-state index contributed by atoms with van der Waals surface area (Å²) >= 11 is 0. The highest BCUT2D eigenvalue weighted by Crippen LogP contribution is 2.36. The van der Waals surface area contributed by atoms with Crippen LogP contribution in [-0.2, 0) is 10.8 Å². The lowest BCUT2D eigenvalue weighted by atomic mass is 9.87. The Labute approximate surface area is 219 Å². The number of benzene rings is 2. The largest absolute Gasteiger partial charge is 0.455 e. The maximum Gasteiger partial charge on any atom is 0.154 e. The van der Waals surface area contributed by atoms with E-state index in [0.29, 0.717) is 5.75 Å². The second-order valence-electron chi connectivity index (χ2n) is 11.5. The topological polar surface area (TPSA) is 47.9 Å². The monoisotopic (exact) mass is 487 g/mol. The molecule has 4 nitrogen and oxygen atoms in total. The molecule has 2 aromatic carbocycles. The molecule has 0 saturated heterocycles. The fourth-order valence-corrected chi connectivity index (χ4v) is 4.34. The average Bonchev–Trinajstić information content (AvgIpc) is 2.88. The van der Waals surface area contributed by atoms with Crippen LogP contribution in [0.25, 0.3) is 33.4 Å². The summed E-state index contributed by atoms with van der Waals surface area (Å²) in [4.78, 5) is 13.9. The molecule has 37 heavy (non-hydrogen) atoms. The summed E-state index contributed by atoms with van der Waals surface area (Å²) in [5.41, 5.74) is 7.24. The van der Waals surface area contributed by atoms with Gasteiger partial charge in [0.2, 0.25) is 0 Å². The summed E-state index contributed by atoms with van der Waals surface area (Å²) < 4.78 is 6.49. The van der Waals surface area contributed by atoms with Crippen molar-refractivity contribution >= 4 is 10.9 Å². The minimum atomic E-state index is 0.0359. The average molecular weight is 488 g/mol. The van der Waals surface area contributed by atoms with Crippen molar-refractivity contribution in [2.75, 3.05) is 0 Å². The van der Waals surface area contributed by atoms with E-state index < -0.39 is 0 Å². The zero-order valence-corrected chi connectivity index (χ0v) is 22.4. The van der Waals surface area contributed by atoms with Crippen molar-refractivity contribution in [3.63, 3.8) is 0 Å². The minimum Gasteiger partial charge on any atom is -0.455 e.